The molecule has 3 aromatic rings. The molecule has 1 aliphatic rings. The smallest absolute Gasteiger partial charge is 0.276 e. The highest BCUT2D eigenvalue weighted by atomic mass is 16.5. The number of nitrogens with zero attached hydrogens (tertiary/aromatic N) is 3. The fourth-order valence-corrected chi connectivity index (χ4v) is 4.38. The van der Waals surface area contributed by atoms with Crippen LogP contribution in [0.2, 0.25) is 0 Å². The first-order valence-corrected chi connectivity index (χ1v) is 11.3. The van der Waals surface area contributed by atoms with Crippen molar-refractivity contribution in [2.45, 2.75) is 51.9 Å². The largest absolute Gasteiger partial charge is 0.486 e. The number of hydrogen-bond donors (Lipinski definition) is 1. The highest BCUT2D eigenvalue weighted by Gasteiger charge is 2.31. The molecule has 2 heterocycles. The first kappa shape index (κ1) is 22.4. The van der Waals surface area contributed by atoms with Gasteiger partial charge in [0.15, 0.2) is 0 Å². The molecule has 0 amide bonds. The minimum absolute atomic E-state index is 0.00410. The van der Waals surface area contributed by atoms with E-state index in [4.69, 9.17) is 4.74 Å². The van der Waals surface area contributed by atoms with Crippen LogP contribution < -0.4 is 10.3 Å². The van der Waals surface area contributed by atoms with Gasteiger partial charge in [0.1, 0.15) is 11.9 Å². The molecule has 2 atom stereocenters. The molecule has 1 aromatic heterocycles. The SMILES string of the molecule is Cc1c(CN2CC[C@@H](O)[C@H](Oc3cccc(C(C)C)c3)C2)c(=O)n(-c2ccccc2)n1C. The average molecular weight is 436 g/mol. The highest BCUT2D eigenvalue weighted by Crippen LogP contribution is 2.24. The van der Waals surface area contributed by atoms with Crippen molar-refractivity contribution in [2.75, 3.05) is 13.1 Å². The number of para-hydroxylation sites is 1. The third kappa shape index (κ3) is 4.52. The second-order valence-corrected chi connectivity index (χ2v) is 9.01. The van der Waals surface area contributed by atoms with Gasteiger partial charge in [-0.3, -0.25) is 14.4 Å². The molecular weight excluding hydrogens is 402 g/mol. The lowest BCUT2D eigenvalue weighted by Gasteiger charge is -2.36. The van der Waals surface area contributed by atoms with Crippen molar-refractivity contribution in [3.05, 3.63) is 81.8 Å². The summed E-state index contributed by atoms with van der Waals surface area (Å²) < 4.78 is 9.84. The van der Waals surface area contributed by atoms with E-state index in [0.29, 0.717) is 25.4 Å². The molecule has 4 rings (SSSR count). The van der Waals surface area contributed by atoms with Gasteiger partial charge in [-0.25, -0.2) is 4.68 Å². The van der Waals surface area contributed by atoms with Gasteiger partial charge in [0.25, 0.3) is 5.56 Å². The van der Waals surface area contributed by atoms with Crippen LogP contribution in [0.15, 0.2) is 59.4 Å². The average Bonchev–Trinajstić information content (AvgIpc) is 3.00. The van der Waals surface area contributed by atoms with E-state index in [1.165, 1.54) is 5.56 Å². The number of likely N-dealkylation sites (tertiary alicyclic amines) is 1. The standard InChI is InChI=1S/C26H33N3O3/c1-18(2)20-9-8-12-22(15-20)32-25-17-28(14-13-24(25)30)16-23-19(3)27(4)29(26(23)31)21-10-6-5-7-11-21/h5-12,15,18,24-25,30H,13-14,16-17H2,1-4H3/t24-,25-/m1/s1. The zero-order valence-electron chi connectivity index (χ0n) is 19.4. The molecule has 1 aliphatic heterocycles. The summed E-state index contributed by atoms with van der Waals surface area (Å²) in [6, 6.07) is 17.8. The van der Waals surface area contributed by atoms with E-state index in [1.807, 2.05) is 61.1 Å². The maximum atomic E-state index is 13.3. The number of hydrogen-bond acceptors (Lipinski definition) is 4. The molecule has 6 nitrogen and oxygen atoms in total. The normalized spacial score (nSPS) is 19.4. The van der Waals surface area contributed by atoms with E-state index in [2.05, 4.69) is 30.9 Å². The van der Waals surface area contributed by atoms with Gasteiger partial charge in [-0.05, 0) is 49.1 Å². The molecule has 6 heteroatoms. The van der Waals surface area contributed by atoms with E-state index in [9.17, 15) is 9.90 Å². The molecule has 32 heavy (non-hydrogen) atoms. The summed E-state index contributed by atoms with van der Waals surface area (Å²) in [6.07, 6.45) is -0.230. The summed E-state index contributed by atoms with van der Waals surface area (Å²) in [5.41, 5.74) is 3.81. The minimum Gasteiger partial charge on any atom is -0.486 e. The number of ether oxygens (including phenoxy) is 1. The van der Waals surface area contributed by atoms with Crippen LogP contribution in [0, 0.1) is 6.92 Å². The van der Waals surface area contributed by atoms with E-state index >= 15 is 0 Å². The number of piperidine rings is 1. The zero-order valence-corrected chi connectivity index (χ0v) is 19.4. The summed E-state index contributed by atoms with van der Waals surface area (Å²) in [7, 11) is 1.92. The fourth-order valence-electron chi connectivity index (χ4n) is 4.38. The van der Waals surface area contributed by atoms with Crippen molar-refractivity contribution in [3.63, 3.8) is 0 Å². The summed E-state index contributed by atoms with van der Waals surface area (Å²) in [5.74, 6) is 1.20. The molecule has 170 valence electrons. The van der Waals surface area contributed by atoms with Crippen molar-refractivity contribution in [1.82, 2.24) is 14.3 Å². The van der Waals surface area contributed by atoms with Crippen LogP contribution in [0.3, 0.4) is 0 Å². The van der Waals surface area contributed by atoms with Gasteiger partial charge >= 0.3 is 0 Å². The van der Waals surface area contributed by atoms with E-state index in [0.717, 1.165) is 29.2 Å². The van der Waals surface area contributed by atoms with Gasteiger partial charge in [-0.1, -0.05) is 44.2 Å². The topological polar surface area (TPSA) is 59.6 Å². The molecule has 0 aliphatic carbocycles. The first-order valence-electron chi connectivity index (χ1n) is 11.3. The second-order valence-electron chi connectivity index (χ2n) is 9.01. The highest BCUT2D eigenvalue weighted by molar-refractivity contribution is 5.33. The summed E-state index contributed by atoms with van der Waals surface area (Å²) in [4.78, 5) is 15.5. The second kappa shape index (κ2) is 9.35. The Labute approximate surface area is 189 Å². The van der Waals surface area contributed by atoms with Crippen LogP contribution in [0.5, 0.6) is 5.75 Å². The molecule has 0 unspecified atom stereocenters. The van der Waals surface area contributed by atoms with Crippen molar-refractivity contribution in [3.8, 4) is 11.4 Å². The predicted molar refractivity (Wildman–Crippen MR) is 127 cm³/mol. The molecule has 2 aromatic carbocycles. The monoisotopic (exact) mass is 435 g/mol. The fraction of sp³-hybridized carbons (Fsp3) is 0.423. The van der Waals surface area contributed by atoms with Gasteiger partial charge in [0.05, 0.1) is 17.4 Å². The van der Waals surface area contributed by atoms with Gasteiger partial charge in [-0.2, -0.15) is 0 Å². The zero-order chi connectivity index (χ0) is 22.8. The Kier molecular flexibility index (Phi) is 6.53. The Morgan fingerprint density at radius 3 is 2.59 bits per heavy atom. The van der Waals surface area contributed by atoms with E-state index < -0.39 is 6.10 Å². The number of aromatic nitrogens is 2. The molecule has 1 saturated heterocycles. The van der Waals surface area contributed by atoms with E-state index in [1.54, 1.807) is 4.68 Å². The third-order valence-electron chi connectivity index (χ3n) is 6.48. The maximum Gasteiger partial charge on any atom is 0.276 e. The van der Waals surface area contributed by atoms with Crippen LogP contribution in [0.1, 0.15) is 43.0 Å². The third-order valence-corrected chi connectivity index (χ3v) is 6.48. The lowest BCUT2D eigenvalue weighted by atomic mass is 10.0. The van der Waals surface area contributed by atoms with Crippen molar-refractivity contribution < 1.29 is 9.84 Å². The Bertz CT molecular complexity index is 1120. The van der Waals surface area contributed by atoms with Gasteiger partial charge in [0.2, 0.25) is 0 Å². The number of aliphatic hydroxyl groups is 1. The maximum absolute atomic E-state index is 13.3. The van der Waals surface area contributed by atoms with Crippen LogP contribution in [-0.4, -0.2) is 44.7 Å². The van der Waals surface area contributed by atoms with Crippen LogP contribution >= 0.6 is 0 Å². The molecule has 1 N–H and O–H groups in total. The summed E-state index contributed by atoms with van der Waals surface area (Å²) in [6.45, 7) is 8.14. The van der Waals surface area contributed by atoms with Crippen molar-refractivity contribution >= 4 is 0 Å². The van der Waals surface area contributed by atoms with Crippen molar-refractivity contribution in [1.29, 1.82) is 0 Å². The van der Waals surface area contributed by atoms with Crippen molar-refractivity contribution in [2.24, 2.45) is 7.05 Å². The number of benzene rings is 2. The first-order chi connectivity index (χ1) is 15.3. The Morgan fingerprint density at radius 1 is 1.12 bits per heavy atom. The lowest BCUT2D eigenvalue weighted by molar-refractivity contribution is -0.0269. The molecule has 1 fully saturated rings. The molecule has 0 radical (unpaired) electrons. The predicted octanol–water partition coefficient (Wildman–Crippen LogP) is 3.62. The lowest BCUT2D eigenvalue weighted by Crippen LogP contribution is -2.49. The van der Waals surface area contributed by atoms with E-state index in [-0.39, 0.29) is 11.7 Å². The van der Waals surface area contributed by atoms with Gasteiger partial charge in [0, 0.05) is 32.4 Å². The Morgan fingerprint density at radius 2 is 1.88 bits per heavy atom. The Balaban J connectivity index is 1.52. The quantitative estimate of drug-likeness (QED) is 0.643. The molecule has 0 bridgehead atoms. The van der Waals surface area contributed by atoms with Crippen LogP contribution in [-0.2, 0) is 13.6 Å². The summed E-state index contributed by atoms with van der Waals surface area (Å²) >= 11 is 0. The van der Waals surface area contributed by atoms with Crippen LogP contribution in [0.4, 0.5) is 0 Å². The number of aliphatic hydroxyl groups excluding tert-OH is 1. The Hall–Kier alpha value is -2.83. The van der Waals surface area contributed by atoms with Gasteiger partial charge < -0.3 is 9.84 Å². The van der Waals surface area contributed by atoms with Gasteiger partial charge in [-0.15, -0.1) is 0 Å². The molecular formula is C26H33N3O3. The molecule has 0 saturated carbocycles. The minimum atomic E-state index is -0.521. The van der Waals surface area contributed by atoms with Crippen LogP contribution in [0.25, 0.3) is 5.69 Å². The summed E-state index contributed by atoms with van der Waals surface area (Å²) in [5, 5.41) is 10.6. The molecule has 0 spiro atoms. The number of rotatable bonds is 6.